The highest BCUT2D eigenvalue weighted by Crippen LogP contribution is 2.50. The first-order valence-electron chi connectivity index (χ1n) is 12.9. The van der Waals surface area contributed by atoms with E-state index in [2.05, 4.69) is 85.8 Å². The lowest BCUT2D eigenvalue weighted by Crippen LogP contribution is -2.39. The van der Waals surface area contributed by atoms with Gasteiger partial charge < -0.3 is 14.2 Å². The number of rotatable bonds is 10. The number of hydrogen-bond acceptors (Lipinski definition) is 3. The van der Waals surface area contributed by atoms with Crippen molar-refractivity contribution in [1.29, 1.82) is 0 Å². The summed E-state index contributed by atoms with van der Waals surface area (Å²) in [6, 6.07) is 28.8. The first-order valence-corrected chi connectivity index (χ1v) is 12.9. The van der Waals surface area contributed by atoms with Gasteiger partial charge in [-0.15, -0.1) is 0 Å². The molecule has 3 aromatic carbocycles. The van der Waals surface area contributed by atoms with E-state index < -0.39 is 0 Å². The molecule has 2 unspecified atom stereocenters. The zero-order chi connectivity index (χ0) is 23.2. The molecule has 3 aromatic rings. The molecule has 1 heterocycles. The Bertz CT molecular complexity index is 1020. The van der Waals surface area contributed by atoms with Gasteiger partial charge in [0.1, 0.15) is 24.2 Å². The molecule has 1 aliphatic carbocycles. The molecule has 0 amide bonds. The van der Waals surface area contributed by atoms with E-state index in [4.69, 9.17) is 14.2 Å². The summed E-state index contributed by atoms with van der Waals surface area (Å²) in [5, 5.41) is 0. The van der Waals surface area contributed by atoms with Crippen molar-refractivity contribution in [2.24, 2.45) is 5.92 Å². The smallest absolute Gasteiger partial charge is 0.119 e. The highest BCUT2D eigenvalue weighted by atomic mass is 16.6. The third-order valence-corrected chi connectivity index (χ3v) is 7.38. The van der Waals surface area contributed by atoms with Crippen molar-refractivity contribution in [2.45, 2.75) is 57.0 Å². The van der Waals surface area contributed by atoms with Crippen LogP contribution in [0.1, 0.15) is 62.1 Å². The standard InChI is InChI=1S/C31H36O3/c1-2-21-32-28-17-13-26(14-18-28)31(24-9-5-3-6-10-24,25-11-7-4-8-12-25)27-15-19-29(20-16-27)33-22-30-23-34-30/h3,5-6,9-10,13-20,25,30H,2,4,7-8,11-12,21-23H2,1H3. The molecule has 2 atom stereocenters. The minimum Gasteiger partial charge on any atom is -0.494 e. The van der Waals surface area contributed by atoms with Gasteiger partial charge in [0, 0.05) is 5.41 Å². The second-order valence-electron chi connectivity index (χ2n) is 9.67. The number of epoxide rings is 1. The zero-order valence-corrected chi connectivity index (χ0v) is 20.2. The van der Waals surface area contributed by atoms with Crippen LogP contribution in [0.4, 0.5) is 0 Å². The van der Waals surface area contributed by atoms with Gasteiger partial charge in [-0.3, -0.25) is 0 Å². The Hall–Kier alpha value is -2.78. The molecule has 3 nitrogen and oxygen atoms in total. The molecule has 0 aromatic heterocycles. The second-order valence-corrected chi connectivity index (χ2v) is 9.67. The topological polar surface area (TPSA) is 31.0 Å². The highest BCUT2D eigenvalue weighted by molar-refractivity contribution is 5.53. The lowest BCUT2D eigenvalue weighted by Gasteiger charge is -2.44. The summed E-state index contributed by atoms with van der Waals surface area (Å²) in [6.07, 6.45) is 7.67. The molecule has 0 bridgehead atoms. The van der Waals surface area contributed by atoms with Crippen molar-refractivity contribution in [3.8, 4) is 11.5 Å². The SMILES string of the molecule is CCCOc1ccc(C(c2ccccc2)(c2ccc(OCC3CO3)cc2)C2CCCCC2)cc1. The van der Waals surface area contributed by atoms with Crippen molar-refractivity contribution < 1.29 is 14.2 Å². The maximum Gasteiger partial charge on any atom is 0.119 e. The molecule has 178 valence electrons. The molecule has 34 heavy (non-hydrogen) atoms. The molecular weight excluding hydrogens is 420 g/mol. The van der Waals surface area contributed by atoms with Gasteiger partial charge in [-0.2, -0.15) is 0 Å². The van der Waals surface area contributed by atoms with Gasteiger partial charge in [0.15, 0.2) is 0 Å². The Balaban J connectivity index is 1.59. The van der Waals surface area contributed by atoms with Crippen LogP contribution in [-0.4, -0.2) is 25.9 Å². The lowest BCUT2D eigenvalue weighted by molar-refractivity contribution is 0.261. The monoisotopic (exact) mass is 456 g/mol. The van der Waals surface area contributed by atoms with Gasteiger partial charge in [0.25, 0.3) is 0 Å². The van der Waals surface area contributed by atoms with E-state index in [1.807, 2.05) is 0 Å². The summed E-state index contributed by atoms with van der Waals surface area (Å²) in [7, 11) is 0. The first kappa shape index (κ1) is 23.0. The first-order chi connectivity index (χ1) is 16.8. The molecule has 3 heteroatoms. The molecule has 0 spiro atoms. The maximum atomic E-state index is 5.97. The minimum absolute atomic E-state index is 0.205. The average molecular weight is 457 g/mol. The fraction of sp³-hybridized carbons (Fsp3) is 0.419. The van der Waals surface area contributed by atoms with E-state index in [9.17, 15) is 0 Å². The van der Waals surface area contributed by atoms with Crippen LogP contribution >= 0.6 is 0 Å². The van der Waals surface area contributed by atoms with E-state index >= 15 is 0 Å². The Morgan fingerprint density at radius 3 is 1.85 bits per heavy atom. The largest absolute Gasteiger partial charge is 0.494 e. The minimum atomic E-state index is -0.205. The lowest BCUT2D eigenvalue weighted by atomic mass is 9.58. The quantitative estimate of drug-likeness (QED) is 0.239. The molecule has 2 fully saturated rings. The summed E-state index contributed by atoms with van der Waals surface area (Å²) >= 11 is 0. The van der Waals surface area contributed by atoms with E-state index in [1.165, 1.54) is 48.8 Å². The summed E-state index contributed by atoms with van der Waals surface area (Å²) in [4.78, 5) is 0. The van der Waals surface area contributed by atoms with Crippen LogP contribution in [0.25, 0.3) is 0 Å². The molecule has 2 aliphatic rings. The Kier molecular flexibility index (Phi) is 7.20. The molecule has 1 saturated heterocycles. The van der Waals surface area contributed by atoms with Crippen LogP contribution in [0.3, 0.4) is 0 Å². The van der Waals surface area contributed by atoms with Gasteiger partial charge in [-0.05, 0) is 66.1 Å². The fourth-order valence-electron chi connectivity index (χ4n) is 5.65. The molecular formula is C31H36O3. The van der Waals surface area contributed by atoms with Gasteiger partial charge in [0.05, 0.1) is 13.2 Å². The maximum absolute atomic E-state index is 5.97. The third kappa shape index (κ3) is 4.86. The van der Waals surface area contributed by atoms with E-state index in [1.54, 1.807) is 0 Å². The summed E-state index contributed by atoms with van der Waals surface area (Å²) < 4.78 is 17.2. The van der Waals surface area contributed by atoms with Gasteiger partial charge in [-0.1, -0.05) is 80.8 Å². The Morgan fingerprint density at radius 1 is 0.735 bits per heavy atom. The Labute approximate surface area is 204 Å². The average Bonchev–Trinajstić information content (AvgIpc) is 3.74. The van der Waals surface area contributed by atoms with Crippen LogP contribution < -0.4 is 9.47 Å². The second kappa shape index (κ2) is 10.7. The van der Waals surface area contributed by atoms with Crippen LogP contribution in [0.5, 0.6) is 11.5 Å². The molecule has 1 saturated carbocycles. The molecule has 5 rings (SSSR count). The van der Waals surface area contributed by atoms with Gasteiger partial charge in [-0.25, -0.2) is 0 Å². The van der Waals surface area contributed by atoms with Crippen molar-refractivity contribution in [3.05, 3.63) is 95.6 Å². The van der Waals surface area contributed by atoms with Crippen molar-refractivity contribution in [1.82, 2.24) is 0 Å². The number of benzene rings is 3. The van der Waals surface area contributed by atoms with Crippen molar-refractivity contribution in [3.63, 3.8) is 0 Å². The zero-order valence-electron chi connectivity index (χ0n) is 20.2. The van der Waals surface area contributed by atoms with Crippen LogP contribution in [-0.2, 0) is 10.2 Å². The fourth-order valence-corrected chi connectivity index (χ4v) is 5.65. The number of ether oxygens (including phenoxy) is 3. The number of hydrogen-bond donors (Lipinski definition) is 0. The normalized spacial score (nSPS) is 19.9. The van der Waals surface area contributed by atoms with Crippen molar-refractivity contribution >= 4 is 0 Å². The summed E-state index contributed by atoms with van der Waals surface area (Å²) in [5.41, 5.74) is 3.84. The predicted molar refractivity (Wildman–Crippen MR) is 137 cm³/mol. The summed E-state index contributed by atoms with van der Waals surface area (Å²) in [6.45, 7) is 4.34. The van der Waals surface area contributed by atoms with Crippen molar-refractivity contribution in [2.75, 3.05) is 19.8 Å². The van der Waals surface area contributed by atoms with Gasteiger partial charge in [0.2, 0.25) is 0 Å². The van der Waals surface area contributed by atoms with Crippen LogP contribution in [0.15, 0.2) is 78.9 Å². The third-order valence-electron chi connectivity index (χ3n) is 7.38. The van der Waals surface area contributed by atoms with Crippen LogP contribution in [0.2, 0.25) is 0 Å². The van der Waals surface area contributed by atoms with E-state index in [-0.39, 0.29) is 11.5 Å². The van der Waals surface area contributed by atoms with E-state index in [0.29, 0.717) is 12.5 Å². The highest BCUT2D eigenvalue weighted by Gasteiger charge is 2.43. The van der Waals surface area contributed by atoms with E-state index in [0.717, 1.165) is 31.1 Å². The molecule has 0 N–H and O–H groups in total. The summed E-state index contributed by atoms with van der Waals surface area (Å²) in [5.74, 6) is 2.40. The molecule has 1 aliphatic heterocycles. The van der Waals surface area contributed by atoms with Gasteiger partial charge >= 0.3 is 0 Å². The predicted octanol–water partition coefficient (Wildman–Crippen LogP) is 7.17. The molecule has 0 radical (unpaired) electrons. The Morgan fingerprint density at radius 2 is 1.29 bits per heavy atom. The van der Waals surface area contributed by atoms with Crippen LogP contribution in [0, 0.1) is 5.92 Å².